The molecule has 0 fully saturated rings. The fraction of sp³-hybridized carbons (Fsp3) is 0.381. The zero-order chi connectivity index (χ0) is 76.2. The summed E-state index contributed by atoms with van der Waals surface area (Å²) >= 11 is -0.332. The Morgan fingerprint density at radius 1 is 0.264 bits per heavy atom. The summed E-state index contributed by atoms with van der Waals surface area (Å²) in [6.45, 7) is 42.4. The summed E-state index contributed by atoms with van der Waals surface area (Å²) in [5, 5.41) is 3.92. The van der Waals surface area contributed by atoms with E-state index in [-0.39, 0.29) is 60.2 Å². The zero-order valence-corrected chi connectivity index (χ0v) is 70.2. The molecular formula is C97H114O7PSe+. The van der Waals surface area contributed by atoms with Gasteiger partial charge in [0.15, 0.2) is 0 Å². The van der Waals surface area contributed by atoms with Crippen LogP contribution in [0.1, 0.15) is 236 Å². The Morgan fingerprint density at radius 2 is 0.472 bits per heavy atom. The van der Waals surface area contributed by atoms with Crippen molar-refractivity contribution in [2.75, 3.05) is 35.5 Å². The molecule has 0 spiro atoms. The van der Waals surface area contributed by atoms with Crippen LogP contribution >= 0.6 is 5.95 Å². The van der Waals surface area contributed by atoms with E-state index in [0.29, 0.717) is 38.5 Å². The van der Waals surface area contributed by atoms with E-state index in [9.17, 15) is 0 Å². The molecule has 0 amide bonds. The molecule has 0 aromatic heterocycles. The van der Waals surface area contributed by atoms with Crippen LogP contribution in [0.15, 0.2) is 176 Å². The van der Waals surface area contributed by atoms with Gasteiger partial charge in [-0.3, -0.25) is 0 Å². The summed E-state index contributed by atoms with van der Waals surface area (Å²) < 4.78 is 51.7. The number of ether oxygens (including phenoxy) is 7. The van der Waals surface area contributed by atoms with Crippen molar-refractivity contribution in [3.63, 3.8) is 0 Å². The van der Waals surface area contributed by atoms with E-state index in [1.807, 2.05) is 28.4 Å². The van der Waals surface area contributed by atoms with Crippen LogP contribution in [0.3, 0.4) is 0 Å². The molecule has 2 aliphatic rings. The standard InChI is InChI=1S/C97H114O7PSe/c1-92(2,3)75-45-61-39-62-46-76(93(4,5)6)50-66(86(62)100-21)42-71-55-80(97(16,17)18)56-72-44-68-52-78(95(10,11)12)48-64(88(68)102-23)40-63-47-77(94(7,8)9)51-67(87(63)101-22)43-70-54-79(96(13,14)15)53-69(41-65(49-75)85(61)99-20)89(70)103-59-73-57-81(98-19)58-74(60-104-90(71)72)91(73)106-105(82-33-27-24-28-34-82,83-35-29-25-30-36-83)84-37-31-26-32-38-84/h24-38,45-58H,39-44,59-60H2,1-23H3/q+1. The Labute approximate surface area is 641 Å². The molecule has 0 N–H and O–H groups in total. The average molecular weight is 1500 g/mol. The van der Waals surface area contributed by atoms with Crippen molar-refractivity contribution in [1.82, 2.24) is 0 Å². The van der Waals surface area contributed by atoms with Crippen LogP contribution in [-0.2, 0) is 84.2 Å². The van der Waals surface area contributed by atoms with Gasteiger partial charge in [0, 0.05) is 0 Å². The third-order valence-electron chi connectivity index (χ3n) is 21.5. The second-order valence-corrected chi connectivity index (χ2v) is 44.1. The molecule has 12 bridgehead atoms. The molecule has 2 aliphatic heterocycles. The predicted molar refractivity (Wildman–Crippen MR) is 446 cm³/mol. The van der Waals surface area contributed by atoms with E-state index < -0.39 is 5.95 Å². The summed E-state index contributed by atoms with van der Waals surface area (Å²) in [5.41, 5.74) is 21.0. The number of methoxy groups -OCH3 is 5. The number of hydrogen-bond donors (Lipinski definition) is 0. The van der Waals surface area contributed by atoms with Gasteiger partial charge in [0.1, 0.15) is 0 Å². The summed E-state index contributed by atoms with van der Waals surface area (Å²) in [4.78, 5) is 0. The van der Waals surface area contributed by atoms with Crippen LogP contribution in [0.4, 0.5) is 0 Å². The number of hydrogen-bond acceptors (Lipinski definition) is 7. The zero-order valence-electron chi connectivity index (χ0n) is 67.6. The van der Waals surface area contributed by atoms with Crippen molar-refractivity contribution >= 4 is 40.8 Å². The fourth-order valence-electron chi connectivity index (χ4n) is 15.5. The van der Waals surface area contributed by atoms with Crippen molar-refractivity contribution < 1.29 is 33.2 Å². The Hall–Kier alpha value is -8.25. The Kier molecular flexibility index (Phi) is 21.9. The van der Waals surface area contributed by atoms with Gasteiger partial charge in [-0.05, 0) is 0 Å². The van der Waals surface area contributed by atoms with Crippen molar-refractivity contribution in [2.45, 2.75) is 209 Å². The maximum absolute atomic E-state index is 8.11. The molecule has 12 rings (SSSR count). The SMILES string of the molecule is COc1cc2c([Se][P+](c3ccccc3)(c3ccccc3)c3ccccc3)c(c1)COc1c3cc(C(C)(C)C)cc1Cc1cc(C(C)(C)C)cc(c1OC)Cc1cc(C(C)(C)C)cc(c1OC)Cc1cc(C(C)(C)C)cc(c1OC2)Cc1cc(C(C)(C)C)cc(c1OC)Cc1cc(C(C)(C)C)cc(c1OC)C3. The first kappa shape index (κ1) is 77.4. The van der Waals surface area contributed by atoms with Crippen molar-refractivity contribution in [1.29, 1.82) is 0 Å². The van der Waals surface area contributed by atoms with Crippen LogP contribution in [0.25, 0.3) is 0 Å². The molecule has 10 aromatic rings. The molecule has 0 unspecified atom stereocenters. The van der Waals surface area contributed by atoms with Gasteiger partial charge < -0.3 is 0 Å². The Bertz CT molecular complexity index is 4350. The van der Waals surface area contributed by atoms with Crippen molar-refractivity contribution in [2.24, 2.45) is 0 Å². The molecule has 0 aliphatic carbocycles. The summed E-state index contributed by atoms with van der Waals surface area (Å²) in [7, 11) is 9.20. The first-order valence-electron chi connectivity index (χ1n) is 37.9. The fourth-order valence-corrected chi connectivity index (χ4v) is 27.0. The molecule has 7 nitrogen and oxygen atoms in total. The van der Waals surface area contributed by atoms with Crippen LogP contribution in [0.2, 0.25) is 0 Å². The molecule has 0 saturated heterocycles. The molecule has 9 heteroatoms. The van der Waals surface area contributed by atoms with E-state index in [1.54, 1.807) is 7.11 Å². The topological polar surface area (TPSA) is 64.6 Å². The molecule has 0 saturated carbocycles. The van der Waals surface area contributed by atoms with Gasteiger partial charge in [0.05, 0.1) is 0 Å². The third kappa shape index (κ3) is 16.1. The number of rotatable bonds is 10. The monoisotopic (exact) mass is 1500 g/mol. The Morgan fingerprint density at radius 3 is 0.670 bits per heavy atom. The first-order chi connectivity index (χ1) is 50.0. The van der Waals surface area contributed by atoms with Crippen molar-refractivity contribution in [3.8, 4) is 40.2 Å². The molecule has 106 heavy (non-hydrogen) atoms. The normalized spacial score (nSPS) is 13.9. The van der Waals surface area contributed by atoms with E-state index in [1.165, 1.54) is 53.8 Å². The minimum absolute atomic E-state index is 0.231. The van der Waals surface area contributed by atoms with Gasteiger partial charge in [0.25, 0.3) is 0 Å². The van der Waals surface area contributed by atoms with Crippen LogP contribution in [0.5, 0.6) is 40.2 Å². The van der Waals surface area contributed by atoms with Gasteiger partial charge >= 0.3 is 646 Å². The maximum atomic E-state index is 8.11. The third-order valence-corrected chi connectivity index (χ3v) is 33.0. The molecular weight excluding hydrogens is 1390 g/mol. The summed E-state index contributed by atoms with van der Waals surface area (Å²) in [5.74, 6) is 3.26. The van der Waals surface area contributed by atoms with E-state index in [2.05, 4.69) is 301 Å². The van der Waals surface area contributed by atoms with Crippen LogP contribution in [-0.4, -0.2) is 50.1 Å². The number of benzene rings is 10. The van der Waals surface area contributed by atoms with E-state index >= 15 is 0 Å². The molecule has 2 heterocycles. The number of fused-ring (bicyclic) bond motifs is 10. The second-order valence-electron chi connectivity index (χ2n) is 35.7. The molecule has 0 radical (unpaired) electrons. The van der Waals surface area contributed by atoms with Gasteiger partial charge in [-0.25, -0.2) is 0 Å². The van der Waals surface area contributed by atoms with E-state index in [0.717, 1.165) is 118 Å². The average Bonchev–Trinajstić information content (AvgIpc) is 0.746. The molecule has 10 aromatic carbocycles. The van der Waals surface area contributed by atoms with Gasteiger partial charge in [-0.2, -0.15) is 0 Å². The molecule has 0 atom stereocenters. The summed E-state index contributed by atoms with van der Waals surface area (Å²) in [6, 6.07) is 67.4. The Balaban J connectivity index is 1.30. The first-order valence-corrected chi connectivity index (χ1v) is 42.7. The summed E-state index contributed by atoms with van der Waals surface area (Å²) in [6.07, 6.45) is 3.18. The van der Waals surface area contributed by atoms with E-state index in [4.69, 9.17) is 33.2 Å². The quantitative estimate of drug-likeness (QED) is 0.0998. The second kappa shape index (κ2) is 30.1. The predicted octanol–water partition coefficient (Wildman–Crippen LogP) is 21.1. The van der Waals surface area contributed by atoms with Crippen molar-refractivity contribution in [3.05, 3.63) is 287 Å². The van der Waals surface area contributed by atoms with Gasteiger partial charge in [-0.15, -0.1) is 0 Å². The van der Waals surface area contributed by atoms with Gasteiger partial charge in [-0.1, -0.05) is 0 Å². The van der Waals surface area contributed by atoms with Gasteiger partial charge in [0.2, 0.25) is 0 Å². The van der Waals surface area contributed by atoms with Crippen LogP contribution in [0, 0.1) is 0 Å². The van der Waals surface area contributed by atoms with Crippen LogP contribution < -0.4 is 53.5 Å². The minimum atomic E-state index is -2.57. The molecule has 554 valence electrons.